The van der Waals surface area contributed by atoms with Crippen LogP contribution in [-0.4, -0.2) is 21.4 Å². The van der Waals surface area contributed by atoms with Gasteiger partial charge in [-0.05, 0) is 25.5 Å². The molecule has 0 aliphatic carbocycles. The number of H-pyrrole nitrogens is 1. The number of imidazole rings is 1. The molecule has 1 atom stereocenters. The molecule has 102 valence electrons. The summed E-state index contributed by atoms with van der Waals surface area (Å²) in [5, 5.41) is 2.83. The normalized spacial score (nSPS) is 14.3. The highest BCUT2D eigenvalue weighted by atomic mass is 16.2. The van der Waals surface area contributed by atoms with E-state index in [1.54, 1.807) is 6.92 Å². The minimum absolute atomic E-state index is 0.144. The van der Waals surface area contributed by atoms with Gasteiger partial charge in [-0.1, -0.05) is 25.5 Å². The van der Waals surface area contributed by atoms with Gasteiger partial charge in [0.25, 0.3) is 0 Å². The summed E-state index contributed by atoms with van der Waals surface area (Å²) in [6.07, 6.45) is 1.55. The zero-order chi connectivity index (χ0) is 13.9. The Balaban J connectivity index is 2.00. The molecule has 1 heterocycles. The van der Waals surface area contributed by atoms with Crippen LogP contribution in [0.25, 0.3) is 11.0 Å². The molecule has 0 bridgehead atoms. The minimum Gasteiger partial charge on any atom is -0.347 e. The standard InChI is InChI=1S/C14H20N4O/c1-3-8-14(2,15)13(19)16-9-12-17-10-6-4-5-7-11(10)18-12/h4-7H,3,8-9,15H2,1-2H3,(H,16,19)(H,17,18). The molecule has 1 amide bonds. The molecule has 19 heavy (non-hydrogen) atoms. The number of hydrogen-bond donors (Lipinski definition) is 3. The second kappa shape index (κ2) is 5.40. The van der Waals surface area contributed by atoms with Gasteiger partial charge in [-0.3, -0.25) is 4.79 Å². The monoisotopic (exact) mass is 260 g/mol. The van der Waals surface area contributed by atoms with E-state index in [1.807, 2.05) is 31.2 Å². The summed E-state index contributed by atoms with van der Waals surface area (Å²) in [7, 11) is 0. The summed E-state index contributed by atoms with van der Waals surface area (Å²) >= 11 is 0. The second-order valence-corrected chi connectivity index (χ2v) is 5.05. The number of para-hydroxylation sites is 2. The molecule has 0 aliphatic heterocycles. The summed E-state index contributed by atoms with van der Waals surface area (Å²) in [6.45, 7) is 4.13. The maximum atomic E-state index is 12.0. The summed E-state index contributed by atoms with van der Waals surface area (Å²) in [6, 6.07) is 7.77. The Morgan fingerprint density at radius 1 is 1.47 bits per heavy atom. The molecule has 0 saturated carbocycles. The van der Waals surface area contributed by atoms with Crippen molar-refractivity contribution in [3.8, 4) is 0 Å². The first kappa shape index (κ1) is 13.5. The maximum Gasteiger partial charge on any atom is 0.240 e. The highest BCUT2D eigenvalue weighted by molar-refractivity contribution is 5.85. The highest BCUT2D eigenvalue weighted by Gasteiger charge is 2.26. The third kappa shape index (κ3) is 3.12. The van der Waals surface area contributed by atoms with Crippen molar-refractivity contribution in [1.82, 2.24) is 15.3 Å². The number of carbonyl (C=O) groups excluding carboxylic acids is 1. The number of rotatable bonds is 5. The van der Waals surface area contributed by atoms with Gasteiger partial charge in [0.15, 0.2) is 0 Å². The zero-order valence-corrected chi connectivity index (χ0v) is 11.4. The molecule has 2 rings (SSSR count). The van der Waals surface area contributed by atoms with Crippen LogP contribution in [0, 0.1) is 0 Å². The Morgan fingerprint density at radius 2 is 2.21 bits per heavy atom. The summed E-state index contributed by atoms with van der Waals surface area (Å²) in [5.74, 6) is 0.594. The number of carbonyl (C=O) groups is 1. The lowest BCUT2D eigenvalue weighted by Gasteiger charge is -2.22. The third-order valence-corrected chi connectivity index (χ3v) is 3.14. The van der Waals surface area contributed by atoms with E-state index in [9.17, 15) is 4.79 Å². The zero-order valence-electron chi connectivity index (χ0n) is 11.4. The Bertz CT molecular complexity index is 541. The minimum atomic E-state index is -0.819. The van der Waals surface area contributed by atoms with Crippen LogP contribution in [-0.2, 0) is 11.3 Å². The first-order valence-corrected chi connectivity index (χ1v) is 6.54. The fourth-order valence-electron chi connectivity index (χ4n) is 2.09. The van der Waals surface area contributed by atoms with Crippen molar-refractivity contribution < 1.29 is 4.79 Å². The van der Waals surface area contributed by atoms with Crippen molar-refractivity contribution in [3.63, 3.8) is 0 Å². The Kier molecular flexibility index (Phi) is 3.85. The molecular weight excluding hydrogens is 240 g/mol. The van der Waals surface area contributed by atoms with Crippen molar-refractivity contribution in [2.45, 2.75) is 38.8 Å². The predicted molar refractivity (Wildman–Crippen MR) is 75.4 cm³/mol. The van der Waals surface area contributed by atoms with Crippen LogP contribution in [0.5, 0.6) is 0 Å². The fourth-order valence-corrected chi connectivity index (χ4v) is 2.09. The smallest absolute Gasteiger partial charge is 0.240 e. The molecule has 4 N–H and O–H groups in total. The number of amides is 1. The van der Waals surface area contributed by atoms with Gasteiger partial charge in [-0.25, -0.2) is 4.98 Å². The van der Waals surface area contributed by atoms with Crippen molar-refractivity contribution in [2.75, 3.05) is 0 Å². The van der Waals surface area contributed by atoms with Crippen LogP contribution in [0.15, 0.2) is 24.3 Å². The van der Waals surface area contributed by atoms with Gasteiger partial charge in [0, 0.05) is 0 Å². The van der Waals surface area contributed by atoms with Crippen LogP contribution < -0.4 is 11.1 Å². The van der Waals surface area contributed by atoms with Crippen molar-refractivity contribution in [2.24, 2.45) is 5.73 Å². The molecule has 0 radical (unpaired) electrons. The maximum absolute atomic E-state index is 12.0. The summed E-state index contributed by atoms with van der Waals surface area (Å²) in [5.41, 5.74) is 7.02. The average Bonchev–Trinajstić information content (AvgIpc) is 2.78. The van der Waals surface area contributed by atoms with Gasteiger partial charge in [-0.15, -0.1) is 0 Å². The van der Waals surface area contributed by atoms with Crippen molar-refractivity contribution in [1.29, 1.82) is 0 Å². The van der Waals surface area contributed by atoms with Crippen LogP contribution in [0.3, 0.4) is 0 Å². The molecule has 5 nitrogen and oxygen atoms in total. The van der Waals surface area contributed by atoms with E-state index in [0.717, 1.165) is 23.3 Å². The molecule has 0 aliphatic rings. The number of aromatic amines is 1. The molecule has 1 aromatic heterocycles. The summed E-state index contributed by atoms with van der Waals surface area (Å²) in [4.78, 5) is 19.5. The molecule has 1 aromatic carbocycles. The van der Waals surface area contributed by atoms with Gasteiger partial charge < -0.3 is 16.0 Å². The Hall–Kier alpha value is -1.88. The number of hydrogen-bond acceptors (Lipinski definition) is 3. The van der Waals surface area contributed by atoms with Crippen molar-refractivity contribution >= 4 is 16.9 Å². The first-order valence-electron chi connectivity index (χ1n) is 6.54. The van der Waals surface area contributed by atoms with Crippen LogP contribution >= 0.6 is 0 Å². The first-order chi connectivity index (χ1) is 9.03. The van der Waals surface area contributed by atoms with Gasteiger partial charge in [0.05, 0.1) is 23.1 Å². The second-order valence-electron chi connectivity index (χ2n) is 5.05. The van der Waals surface area contributed by atoms with E-state index >= 15 is 0 Å². The van der Waals surface area contributed by atoms with E-state index in [4.69, 9.17) is 5.73 Å². The number of benzene rings is 1. The van der Waals surface area contributed by atoms with E-state index in [0.29, 0.717) is 13.0 Å². The lowest BCUT2D eigenvalue weighted by molar-refractivity contribution is -0.126. The number of nitrogens with two attached hydrogens (primary N) is 1. The van der Waals surface area contributed by atoms with Crippen LogP contribution in [0.1, 0.15) is 32.5 Å². The van der Waals surface area contributed by atoms with Crippen molar-refractivity contribution in [3.05, 3.63) is 30.1 Å². The number of aromatic nitrogens is 2. The molecule has 2 aromatic rings. The van der Waals surface area contributed by atoms with Gasteiger partial charge in [-0.2, -0.15) is 0 Å². The largest absolute Gasteiger partial charge is 0.347 e. The van der Waals surface area contributed by atoms with Gasteiger partial charge >= 0.3 is 0 Å². The van der Waals surface area contributed by atoms with E-state index < -0.39 is 5.54 Å². The van der Waals surface area contributed by atoms with E-state index in [2.05, 4.69) is 15.3 Å². The SMILES string of the molecule is CCCC(C)(N)C(=O)NCc1nc2ccccc2[nH]1. The van der Waals surface area contributed by atoms with Crippen LogP contribution in [0.2, 0.25) is 0 Å². The Morgan fingerprint density at radius 3 is 2.89 bits per heavy atom. The molecule has 0 fully saturated rings. The number of nitrogens with zero attached hydrogens (tertiary/aromatic N) is 1. The van der Waals surface area contributed by atoms with Gasteiger partial charge in [0.2, 0.25) is 5.91 Å². The topological polar surface area (TPSA) is 83.8 Å². The molecular formula is C14H20N4O. The van der Waals surface area contributed by atoms with Gasteiger partial charge in [0.1, 0.15) is 5.82 Å². The van der Waals surface area contributed by atoms with Crippen LogP contribution in [0.4, 0.5) is 0 Å². The quantitative estimate of drug-likeness (QED) is 0.765. The summed E-state index contributed by atoms with van der Waals surface area (Å²) < 4.78 is 0. The molecule has 0 saturated heterocycles. The molecule has 5 heteroatoms. The number of nitrogens with one attached hydrogen (secondary N) is 2. The lowest BCUT2D eigenvalue weighted by Crippen LogP contribution is -2.51. The van der Waals surface area contributed by atoms with E-state index in [-0.39, 0.29) is 5.91 Å². The highest BCUT2D eigenvalue weighted by Crippen LogP contribution is 2.11. The molecule has 1 unspecified atom stereocenters. The fraction of sp³-hybridized carbons (Fsp3) is 0.429. The average molecular weight is 260 g/mol. The number of fused-ring (bicyclic) bond motifs is 1. The lowest BCUT2D eigenvalue weighted by atomic mass is 9.97. The Labute approximate surface area is 112 Å². The van der Waals surface area contributed by atoms with E-state index in [1.165, 1.54) is 0 Å². The predicted octanol–water partition coefficient (Wildman–Crippen LogP) is 1.70. The molecule has 0 spiro atoms. The third-order valence-electron chi connectivity index (χ3n) is 3.14.